The first kappa shape index (κ1) is 19.7. The van der Waals surface area contributed by atoms with Crippen molar-refractivity contribution in [2.24, 2.45) is 5.92 Å². The first-order chi connectivity index (χ1) is 13.1. The highest BCUT2D eigenvalue weighted by atomic mass is 19.2. The fourth-order valence-electron chi connectivity index (χ4n) is 4.03. The van der Waals surface area contributed by atoms with E-state index in [0.717, 1.165) is 18.1 Å². The van der Waals surface area contributed by atoms with Crippen LogP contribution in [0.5, 0.6) is 0 Å². The lowest BCUT2D eigenvalue weighted by atomic mass is 9.77. The summed E-state index contributed by atoms with van der Waals surface area (Å²) in [5.41, 5.74) is 1.48. The maximum Gasteiger partial charge on any atom is 0.166 e. The molecule has 0 amide bonds. The lowest BCUT2D eigenvalue weighted by molar-refractivity contribution is 0.304. The number of benzene rings is 2. The molecule has 1 fully saturated rings. The molecule has 0 unspecified atom stereocenters. The summed E-state index contributed by atoms with van der Waals surface area (Å²) in [6.45, 7) is 2.24. The first-order valence-electron chi connectivity index (χ1n) is 10.00. The number of hydrogen-bond acceptors (Lipinski definition) is 0. The van der Waals surface area contributed by atoms with Crippen LogP contribution in [0.25, 0.3) is 11.7 Å². The van der Waals surface area contributed by atoms with Gasteiger partial charge in [0.05, 0.1) is 0 Å². The molecule has 0 radical (unpaired) electrons. The Morgan fingerprint density at radius 3 is 1.85 bits per heavy atom. The van der Waals surface area contributed by atoms with Gasteiger partial charge in [0.1, 0.15) is 5.82 Å². The van der Waals surface area contributed by atoms with Gasteiger partial charge in [-0.3, -0.25) is 0 Å². The summed E-state index contributed by atoms with van der Waals surface area (Å²) >= 11 is 0. The molecule has 0 N–H and O–H groups in total. The van der Waals surface area contributed by atoms with E-state index in [0.29, 0.717) is 5.92 Å². The third kappa shape index (κ3) is 5.03. The zero-order valence-corrected chi connectivity index (χ0v) is 15.9. The van der Waals surface area contributed by atoms with Gasteiger partial charge in [0.2, 0.25) is 0 Å². The third-order valence-corrected chi connectivity index (χ3v) is 5.74. The minimum atomic E-state index is -0.959. The van der Waals surface area contributed by atoms with Crippen molar-refractivity contribution in [3.63, 3.8) is 0 Å². The molecule has 27 heavy (non-hydrogen) atoms. The van der Waals surface area contributed by atoms with Crippen LogP contribution in [0.3, 0.4) is 0 Å². The summed E-state index contributed by atoms with van der Waals surface area (Å²) in [5, 5.41) is 0. The molecule has 1 saturated carbocycles. The average molecular weight is 372 g/mol. The van der Waals surface area contributed by atoms with E-state index in [2.05, 4.69) is 6.92 Å². The van der Waals surface area contributed by atoms with Gasteiger partial charge in [-0.1, -0.05) is 50.5 Å². The van der Waals surface area contributed by atoms with Crippen molar-refractivity contribution in [3.8, 4) is 0 Å². The van der Waals surface area contributed by atoms with Gasteiger partial charge >= 0.3 is 0 Å². The van der Waals surface area contributed by atoms with E-state index >= 15 is 0 Å². The molecule has 2 aromatic carbocycles. The molecule has 1 aliphatic rings. The Morgan fingerprint density at radius 2 is 1.33 bits per heavy atom. The van der Waals surface area contributed by atoms with Crippen molar-refractivity contribution in [1.82, 2.24) is 0 Å². The molecule has 2 aromatic rings. The summed E-state index contributed by atoms with van der Waals surface area (Å²) in [7, 11) is 0. The van der Waals surface area contributed by atoms with Gasteiger partial charge in [-0.25, -0.2) is 13.2 Å². The maximum atomic E-state index is 14.5. The molecule has 1 aliphatic carbocycles. The molecule has 0 aromatic heterocycles. The Morgan fingerprint density at radius 1 is 0.815 bits per heavy atom. The standard InChI is InChI=1S/C24H27F3/c1-2-3-4-17-5-7-18(8-6-17)19-9-11-20(12-10-19)23(26)24(27)21-13-15-22(25)16-14-21/h9-18H,2-8H2,1H3. The summed E-state index contributed by atoms with van der Waals surface area (Å²) in [4.78, 5) is 0. The van der Waals surface area contributed by atoms with E-state index in [1.165, 1.54) is 62.6 Å². The van der Waals surface area contributed by atoms with Gasteiger partial charge < -0.3 is 0 Å². The van der Waals surface area contributed by atoms with Crippen molar-refractivity contribution in [2.75, 3.05) is 0 Å². The van der Waals surface area contributed by atoms with Crippen LogP contribution in [-0.2, 0) is 0 Å². The summed E-state index contributed by atoms with van der Waals surface area (Å²) in [6.07, 6.45) is 8.79. The van der Waals surface area contributed by atoms with Crippen LogP contribution >= 0.6 is 0 Å². The van der Waals surface area contributed by atoms with E-state index in [4.69, 9.17) is 0 Å². The zero-order chi connectivity index (χ0) is 19.2. The largest absolute Gasteiger partial charge is 0.207 e. The summed E-state index contributed by atoms with van der Waals surface area (Å²) in [6, 6.07) is 11.9. The van der Waals surface area contributed by atoms with Gasteiger partial charge in [0.25, 0.3) is 0 Å². The Bertz CT molecular complexity index is 751. The molecule has 0 nitrogen and oxygen atoms in total. The lowest BCUT2D eigenvalue weighted by Crippen LogP contribution is -2.13. The van der Waals surface area contributed by atoms with Gasteiger partial charge in [-0.05, 0) is 67.3 Å². The Kier molecular flexibility index (Phi) is 6.76. The fraction of sp³-hybridized carbons (Fsp3) is 0.417. The molecule has 3 rings (SSSR count). The molecule has 0 bridgehead atoms. The van der Waals surface area contributed by atoms with Crippen molar-refractivity contribution < 1.29 is 13.2 Å². The molecular formula is C24H27F3. The first-order valence-corrected chi connectivity index (χ1v) is 10.00. The highest BCUT2D eigenvalue weighted by Crippen LogP contribution is 2.38. The quantitative estimate of drug-likeness (QED) is 0.450. The minimum Gasteiger partial charge on any atom is -0.207 e. The van der Waals surface area contributed by atoms with Crippen molar-refractivity contribution in [1.29, 1.82) is 0 Å². The Hall–Kier alpha value is -2.03. The van der Waals surface area contributed by atoms with Gasteiger partial charge in [0.15, 0.2) is 11.7 Å². The van der Waals surface area contributed by atoms with Gasteiger partial charge in [0, 0.05) is 11.1 Å². The van der Waals surface area contributed by atoms with Crippen LogP contribution in [0.15, 0.2) is 48.5 Å². The van der Waals surface area contributed by atoms with E-state index in [-0.39, 0.29) is 11.1 Å². The third-order valence-electron chi connectivity index (χ3n) is 5.74. The molecule has 0 heterocycles. The zero-order valence-electron chi connectivity index (χ0n) is 15.9. The molecule has 0 aliphatic heterocycles. The molecule has 0 spiro atoms. The second-order valence-electron chi connectivity index (χ2n) is 7.62. The van der Waals surface area contributed by atoms with Crippen molar-refractivity contribution >= 4 is 11.7 Å². The monoisotopic (exact) mass is 372 g/mol. The number of halogens is 3. The average Bonchev–Trinajstić information content (AvgIpc) is 2.72. The predicted molar refractivity (Wildman–Crippen MR) is 106 cm³/mol. The summed E-state index contributed by atoms with van der Waals surface area (Å²) < 4.78 is 41.7. The highest BCUT2D eigenvalue weighted by molar-refractivity contribution is 5.83. The minimum absolute atomic E-state index is 0.0448. The predicted octanol–water partition coefficient (Wildman–Crippen LogP) is 8.05. The Balaban J connectivity index is 1.66. The van der Waals surface area contributed by atoms with Crippen LogP contribution in [0, 0.1) is 11.7 Å². The van der Waals surface area contributed by atoms with E-state index < -0.39 is 17.5 Å². The molecule has 0 atom stereocenters. The Labute approximate surface area is 160 Å². The van der Waals surface area contributed by atoms with E-state index in [9.17, 15) is 13.2 Å². The number of unbranched alkanes of at least 4 members (excludes halogenated alkanes) is 1. The molecular weight excluding hydrogens is 345 g/mol. The van der Waals surface area contributed by atoms with Crippen LogP contribution in [-0.4, -0.2) is 0 Å². The van der Waals surface area contributed by atoms with Crippen LogP contribution < -0.4 is 0 Å². The number of rotatable bonds is 6. The SMILES string of the molecule is CCCCC1CCC(c2ccc(C(F)=C(F)c3ccc(F)cc3)cc2)CC1. The second-order valence-corrected chi connectivity index (χ2v) is 7.62. The van der Waals surface area contributed by atoms with E-state index in [1.54, 1.807) is 12.1 Å². The van der Waals surface area contributed by atoms with Gasteiger partial charge in [-0.15, -0.1) is 0 Å². The molecule has 3 heteroatoms. The highest BCUT2D eigenvalue weighted by Gasteiger charge is 2.22. The molecule has 0 saturated heterocycles. The van der Waals surface area contributed by atoms with Crippen LogP contribution in [0.2, 0.25) is 0 Å². The normalized spacial score (nSPS) is 21.0. The maximum absolute atomic E-state index is 14.5. The van der Waals surface area contributed by atoms with Crippen molar-refractivity contribution in [2.45, 2.75) is 57.8 Å². The summed E-state index contributed by atoms with van der Waals surface area (Å²) in [5.74, 6) is -0.965. The lowest BCUT2D eigenvalue weighted by Gasteiger charge is -2.28. The van der Waals surface area contributed by atoms with E-state index in [1.807, 2.05) is 12.1 Å². The number of hydrogen-bond donors (Lipinski definition) is 0. The second kappa shape index (κ2) is 9.25. The molecule has 144 valence electrons. The van der Waals surface area contributed by atoms with Gasteiger partial charge in [-0.2, -0.15) is 0 Å². The topological polar surface area (TPSA) is 0 Å². The smallest absolute Gasteiger partial charge is 0.166 e. The van der Waals surface area contributed by atoms with Crippen molar-refractivity contribution in [3.05, 3.63) is 71.0 Å². The van der Waals surface area contributed by atoms with Crippen LogP contribution in [0.1, 0.15) is 74.5 Å². The van der Waals surface area contributed by atoms with Crippen LogP contribution in [0.4, 0.5) is 13.2 Å². The fourth-order valence-corrected chi connectivity index (χ4v) is 4.03.